The van der Waals surface area contributed by atoms with Crippen LogP contribution in [0.3, 0.4) is 0 Å². The Morgan fingerprint density at radius 1 is 1.19 bits per heavy atom. The van der Waals surface area contributed by atoms with Crippen molar-refractivity contribution in [2.24, 2.45) is 7.05 Å². The first-order valence-electron chi connectivity index (χ1n) is 5.24. The smallest absolute Gasteiger partial charge is 0.0481 e. The molecule has 3 heteroatoms. The Morgan fingerprint density at radius 2 is 1.81 bits per heavy atom. The van der Waals surface area contributed by atoms with E-state index in [4.69, 9.17) is 0 Å². The van der Waals surface area contributed by atoms with Crippen LogP contribution >= 0.6 is 22.6 Å². The monoisotopic (exact) mass is 330 g/mol. The number of para-hydroxylation sites is 1. The van der Waals surface area contributed by atoms with Gasteiger partial charge in [-0.3, -0.25) is 0 Å². The first-order chi connectivity index (χ1) is 7.68. The van der Waals surface area contributed by atoms with E-state index in [0.29, 0.717) is 0 Å². The van der Waals surface area contributed by atoms with Crippen LogP contribution in [0.25, 0.3) is 10.9 Å². The number of aromatic nitrogens is 1. The second-order valence-corrected chi connectivity index (χ2v) is 4.02. The van der Waals surface area contributed by atoms with Crippen molar-refractivity contribution in [1.82, 2.24) is 9.47 Å². The van der Waals surface area contributed by atoms with Crippen molar-refractivity contribution in [2.75, 3.05) is 19.0 Å². The lowest BCUT2D eigenvalue weighted by Crippen LogP contribution is -2.10. The summed E-state index contributed by atoms with van der Waals surface area (Å²) in [4.78, 5) is 4.17. The molecule has 0 saturated carbocycles. The SMILES string of the molecule is CI.CN(C)Cc1cn(C)c2ccccc12. The Kier molecular flexibility index (Phi) is 5.28. The van der Waals surface area contributed by atoms with Crippen LogP contribution in [0.5, 0.6) is 0 Å². The lowest BCUT2D eigenvalue weighted by Gasteiger charge is -2.07. The molecule has 2 rings (SSSR count). The van der Waals surface area contributed by atoms with Gasteiger partial charge in [-0.1, -0.05) is 40.8 Å². The maximum atomic E-state index is 2.21. The molecule has 16 heavy (non-hydrogen) atoms. The van der Waals surface area contributed by atoms with Gasteiger partial charge in [-0.2, -0.15) is 0 Å². The number of hydrogen-bond acceptors (Lipinski definition) is 1. The molecule has 0 fully saturated rings. The van der Waals surface area contributed by atoms with E-state index in [9.17, 15) is 0 Å². The zero-order chi connectivity index (χ0) is 12.1. The third-order valence-corrected chi connectivity index (χ3v) is 2.47. The molecule has 0 amide bonds. The van der Waals surface area contributed by atoms with Crippen LogP contribution in [-0.2, 0) is 13.6 Å². The fourth-order valence-electron chi connectivity index (χ4n) is 1.89. The summed E-state index contributed by atoms with van der Waals surface area (Å²) in [5.74, 6) is 0. The van der Waals surface area contributed by atoms with Gasteiger partial charge in [0.05, 0.1) is 0 Å². The van der Waals surface area contributed by atoms with Gasteiger partial charge in [-0.05, 0) is 30.7 Å². The minimum Gasteiger partial charge on any atom is -0.350 e. The number of benzene rings is 1. The molecule has 1 heterocycles. The Balaban J connectivity index is 0.000000606. The van der Waals surface area contributed by atoms with Crippen molar-refractivity contribution in [3.63, 3.8) is 0 Å². The molecule has 0 saturated heterocycles. The lowest BCUT2D eigenvalue weighted by molar-refractivity contribution is 0.404. The van der Waals surface area contributed by atoms with Gasteiger partial charge in [-0.25, -0.2) is 0 Å². The van der Waals surface area contributed by atoms with E-state index in [1.54, 1.807) is 0 Å². The number of halogens is 1. The predicted molar refractivity (Wildman–Crippen MR) is 80.3 cm³/mol. The number of alkyl halides is 1. The summed E-state index contributed by atoms with van der Waals surface area (Å²) >= 11 is 2.15. The Bertz CT molecular complexity index is 446. The van der Waals surface area contributed by atoms with E-state index in [-0.39, 0.29) is 0 Å². The molecule has 1 aromatic carbocycles. The first kappa shape index (κ1) is 13.5. The van der Waals surface area contributed by atoms with Crippen molar-refractivity contribution in [3.8, 4) is 0 Å². The summed E-state index contributed by atoms with van der Waals surface area (Å²) < 4.78 is 2.19. The van der Waals surface area contributed by atoms with E-state index >= 15 is 0 Å². The summed E-state index contributed by atoms with van der Waals surface area (Å²) in [7, 11) is 6.30. The minimum absolute atomic E-state index is 1.00. The van der Waals surface area contributed by atoms with Crippen molar-refractivity contribution in [1.29, 1.82) is 0 Å². The molecule has 1 aromatic heterocycles. The van der Waals surface area contributed by atoms with Gasteiger partial charge in [0.1, 0.15) is 0 Å². The average Bonchev–Trinajstić information content (AvgIpc) is 2.59. The quantitative estimate of drug-likeness (QED) is 0.606. The molecule has 0 unspecified atom stereocenters. The van der Waals surface area contributed by atoms with E-state index in [1.807, 2.05) is 4.93 Å². The predicted octanol–water partition coefficient (Wildman–Crippen LogP) is 3.29. The highest BCUT2D eigenvalue weighted by Gasteiger charge is 2.05. The van der Waals surface area contributed by atoms with Crippen LogP contribution in [0.1, 0.15) is 5.56 Å². The fraction of sp³-hybridized carbons (Fsp3) is 0.385. The molecule has 0 aliphatic carbocycles. The highest BCUT2D eigenvalue weighted by atomic mass is 127. The number of aryl methyl sites for hydroxylation is 1. The normalized spacial score (nSPS) is 10.4. The fourth-order valence-corrected chi connectivity index (χ4v) is 1.89. The average molecular weight is 330 g/mol. The third kappa shape index (κ3) is 2.98. The second kappa shape index (κ2) is 6.25. The molecule has 0 bridgehead atoms. The number of hydrogen-bond donors (Lipinski definition) is 0. The van der Waals surface area contributed by atoms with Gasteiger partial charge >= 0.3 is 0 Å². The van der Waals surface area contributed by atoms with Gasteiger partial charge in [0.15, 0.2) is 0 Å². The van der Waals surface area contributed by atoms with Gasteiger partial charge in [0.25, 0.3) is 0 Å². The molecule has 0 aliphatic heterocycles. The number of rotatable bonds is 2. The molecule has 0 atom stereocenters. The van der Waals surface area contributed by atoms with Crippen molar-refractivity contribution in [2.45, 2.75) is 6.54 Å². The van der Waals surface area contributed by atoms with Crippen LogP contribution in [0.15, 0.2) is 30.5 Å². The Labute approximate surface area is 111 Å². The Hall–Kier alpha value is -0.550. The summed E-state index contributed by atoms with van der Waals surface area (Å²) in [6.45, 7) is 1.00. The summed E-state index contributed by atoms with van der Waals surface area (Å²) in [6, 6.07) is 8.53. The van der Waals surface area contributed by atoms with Gasteiger partial charge in [0.2, 0.25) is 0 Å². The molecule has 2 aromatic rings. The topological polar surface area (TPSA) is 8.17 Å². The summed E-state index contributed by atoms with van der Waals surface area (Å²) in [5, 5.41) is 1.36. The van der Waals surface area contributed by atoms with Crippen LogP contribution in [0.4, 0.5) is 0 Å². The molecule has 0 radical (unpaired) electrons. The maximum absolute atomic E-state index is 2.21. The number of fused-ring (bicyclic) bond motifs is 1. The molecular weight excluding hydrogens is 311 g/mol. The zero-order valence-corrected chi connectivity index (χ0v) is 12.5. The molecule has 0 aliphatic rings. The van der Waals surface area contributed by atoms with E-state index in [2.05, 4.69) is 83.7 Å². The van der Waals surface area contributed by atoms with Crippen molar-refractivity contribution < 1.29 is 0 Å². The van der Waals surface area contributed by atoms with E-state index in [1.165, 1.54) is 16.5 Å². The van der Waals surface area contributed by atoms with Gasteiger partial charge in [-0.15, -0.1) is 0 Å². The minimum atomic E-state index is 1.00. The van der Waals surface area contributed by atoms with Gasteiger partial charge in [0, 0.05) is 30.7 Å². The molecule has 2 nitrogen and oxygen atoms in total. The van der Waals surface area contributed by atoms with Crippen LogP contribution in [-0.4, -0.2) is 28.5 Å². The standard InChI is InChI=1S/C12H16N2.CH3I/c1-13(2)8-10-9-14(3)12-7-5-4-6-11(10)12;1-2/h4-7,9H,8H2,1-3H3;1H3. The van der Waals surface area contributed by atoms with Crippen molar-refractivity contribution >= 4 is 33.5 Å². The highest BCUT2D eigenvalue weighted by Crippen LogP contribution is 2.20. The van der Waals surface area contributed by atoms with Crippen LogP contribution < -0.4 is 0 Å². The van der Waals surface area contributed by atoms with Gasteiger partial charge < -0.3 is 9.47 Å². The molecule has 0 N–H and O–H groups in total. The summed E-state index contributed by atoms with van der Waals surface area (Å²) in [6.07, 6.45) is 2.21. The van der Waals surface area contributed by atoms with Crippen LogP contribution in [0.2, 0.25) is 0 Å². The molecular formula is C13H19IN2. The largest absolute Gasteiger partial charge is 0.350 e. The first-order valence-corrected chi connectivity index (χ1v) is 7.39. The number of nitrogens with zero attached hydrogens (tertiary/aromatic N) is 2. The highest BCUT2D eigenvalue weighted by molar-refractivity contribution is 14.1. The van der Waals surface area contributed by atoms with Crippen LogP contribution in [0, 0.1) is 0 Å². The maximum Gasteiger partial charge on any atom is 0.0481 e. The zero-order valence-electron chi connectivity index (χ0n) is 10.4. The second-order valence-electron chi connectivity index (χ2n) is 4.02. The van der Waals surface area contributed by atoms with E-state index in [0.717, 1.165) is 6.54 Å². The lowest BCUT2D eigenvalue weighted by atomic mass is 10.2. The van der Waals surface area contributed by atoms with E-state index < -0.39 is 0 Å². The molecule has 0 spiro atoms. The van der Waals surface area contributed by atoms with Crippen molar-refractivity contribution in [3.05, 3.63) is 36.0 Å². The summed E-state index contributed by atoms with van der Waals surface area (Å²) in [5.41, 5.74) is 2.71. The molecule has 88 valence electrons. The Morgan fingerprint density at radius 3 is 2.44 bits per heavy atom. The third-order valence-electron chi connectivity index (χ3n) is 2.47.